The first-order valence-corrected chi connectivity index (χ1v) is 12.6. The van der Waals surface area contributed by atoms with Crippen LogP contribution in [0.3, 0.4) is 0 Å². The Balaban J connectivity index is 1.30. The largest absolute Gasteiger partial charge is 0.397 e. The number of carbonyl (C=O) groups excluding carboxylic acids is 2. The van der Waals surface area contributed by atoms with Crippen LogP contribution >= 0.6 is 11.3 Å². The maximum atomic E-state index is 12.9. The number of hydrogen-bond acceptors (Lipinski definition) is 7. The summed E-state index contributed by atoms with van der Waals surface area (Å²) in [6, 6.07) is 11.9. The van der Waals surface area contributed by atoms with Gasteiger partial charge >= 0.3 is 0 Å². The smallest absolute Gasteiger partial charge is 0.263 e. The zero-order chi connectivity index (χ0) is 24.5. The van der Waals surface area contributed by atoms with E-state index in [0.717, 1.165) is 58.6 Å². The Bertz CT molecular complexity index is 1410. The van der Waals surface area contributed by atoms with Crippen LogP contribution in [0.4, 0.5) is 5.69 Å². The van der Waals surface area contributed by atoms with E-state index < -0.39 is 0 Å². The molecule has 1 aromatic carbocycles. The molecule has 0 bridgehead atoms. The van der Waals surface area contributed by atoms with Crippen molar-refractivity contribution in [3.63, 3.8) is 0 Å². The monoisotopic (exact) mass is 491 g/mol. The molecule has 182 valence electrons. The number of fused-ring (bicyclic) bond motifs is 2. The highest BCUT2D eigenvalue weighted by Crippen LogP contribution is 2.36. The number of imidazole rings is 1. The van der Waals surface area contributed by atoms with Crippen LogP contribution in [0.5, 0.6) is 0 Å². The van der Waals surface area contributed by atoms with Crippen LogP contribution in [0, 0.1) is 0 Å². The number of pyridine rings is 1. The summed E-state index contributed by atoms with van der Waals surface area (Å²) in [5, 5.41) is 6.46. The number of aryl methyl sites for hydroxylation is 1. The lowest BCUT2D eigenvalue weighted by atomic mass is 9.98. The van der Waals surface area contributed by atoms with Crippen LogP contribution in [0.25, 0.3) is 21.3 Å². The highest BCUT2D eigenvalue weighted by Gasteiger charge is 2.28. The molecule has 4 N–H and O–H groups in total. The predicted octanol–water partition coefficient (Wildman–Crippen LogP) is 2.97. The number of thiophene rings is 1. The highest BCUT2D eigenvalue weighted by atomic mass is 32.1. The summed E-state index contributed by atoms with van der Waals surface area (Å²) in [5.41, 5.74) is 9.53. The lowest BCUT2D eigenvalue weighted by Gasteiger charge is -2.34. The molecule has 1 aliphatic rings. The van der Waals surface area contributed by atoms with Gasteiger partial charge < -0.3 is 20.9 Å². The van der Waals surface area contributed by atoms with Crippen LogP contribution in [0.1, 0.15) is 46.5 Å². The van der Waals surface area contributed by atoms with Gasteiger partial charge in [0.1, 0.15) is 15.5 Å². The molecule has 10 heteroatoms. The Hall–Kier alpha value is -3.50. The zero-order valence-electron chi connectivity index (χ0n) is 19.9. The van der Waals surface area contributed by atoms with Crippen molar-refractivity contribution in [2.24, 2.45) is 7.05 Å². The minimum absolute atomic E-state index is 0.0349. The first-order valence-electron chi connectivity index (χ1n) is 11.8. The van der Waals surface area contributed by atoms with Crippen LogP contribution < -0.4 is 16.4 Å². The van der Waals surface area contributed by atoms with Crippen LogP contribution in [0.2, 0.25) is 0 Å². The van der Waals surface area contributed by atoms with Crippen molar-refractivity contribution in [1.82, 2.24) is 30.1 Å². The Morgan fingerprint density at radius 3 is 2.80 bits per heavy atom. The number of aromatic nitrogens is 3. The maximum Gasteiger partial charge on any atom is 0.263 e. The molecule has 1 atom stereocenters. The first kappa shape index (κ1) is 23.3. The van der Waals surface area contributed by atoms with Crippen molar-refractivity contribution in [3.8, 4) is 0 Å². The maximum absolute atomic E-state index is 12.9. The van der Waals surface area contributed by atoms with Gasteiger partial charge in [0, 0.05) is 19.5 Å². The van der Waals surface area contributed by atoms with Crippen LogP contribution in [0.15, 0.2) is 36.4 Å². The summed E-state index contributed by atoms with van der Waals surface area (Å²) in [5.74, 6) is 0.583. The molecule has 4 aromatic rings. The van der Waals surface area contributed by atoms with E-state index in [0.29, 0.717) is 23.7 Å². The Kier molecular flexibility index (Phi) is 6.40. The SMILES string of the molecule is CNC(=O)c1sc2nc(C3CCCCN3CC(=O)NCc3nc4ccccc4n3C)ccc2c1N. The number of nitrogens with zero attached hydrogens (tertiary/aromatic N) is 4. The lowest BCUT2D eigenvalue weighted by Crippen LogP contribution is -2.41. The van der Waals surface area contributed by atoms with Gasteiger partial charge in [-0.3, -0.25) is 14.5 Å². The Labute approximate surface area is 207 Å². The number of nitrogens with two attached hydrogens (primary N) is 1. The molecule has 1 fully saturated rings. The normalized spacial score (nSPS) is 16.6. The third-order valence-electron chi connectivity index (χ3n) is 6.67. The summed E-state index contributed by atoms with van der Waals surface area (Å²) in [6.45, 7) is 1.51. The van der Waals surface area contributed by atoms with E-state index in [-0.39, 0.29) is 17.9 Å². The number of nitrogen functional groups attached to an aromatic ring is 1. The van der Waals surface area contributed by atoms with Crippen molar-refractivity contribution in [2.45, 2.75) is 31.8 Å². The van der Waals surface area contributed by atoms with Crippen molar-refractivity contribution in [2.75, 3.05) is 25.9 Å². The van der Waals surface area contributed by atoms with Gasteiger partial charge in [0.15, 0.2) is 0 Å². The van der Waals surface area contributed by atoms with E-state index in [1.54, 1.807) is 7.05 Å². The van der Waals surface area contributed by atoms with E-state index in [1.165, 1.54) is 11.3 Å². The molecule has 2 amide bonds. The van der Waals surface area contributed by atoms with E-state index in [2.05, 4.69) is 20.5 Å². The molecule has 0 radical (unpaired) electrons. The average molecular weight is 492 g/mol. The second kappa shape index (κ2) is 9.63. The number of piperidine rings is 1. The predicted molar refractivity (Wildman–Crippen MR) is 138 cm³/mol. The van der Waals surface area contributed by atoms with Crippen LogP contribution in [-0.4, -0.2) is 51.4 Å². The molecule has 0 aliphatic carbocycles. The average Bonchev–Trinajstić information content (AvgIpc) is 3.38. The Morgan fingerprint density at radius 1 is 1.17 bits per heavy atom. The number of carbonyl (C=O) groups is 2. The van der Waals surface area contributed by atoms with E-state index in [9.17, 15) is 9.59 Å². The Morgan fingerprint density at radius 2 is 2.00 bits per heavy atom. The van der Waals surface area contributed by atoms with Crippen molar-refractivity contribution in [1.29, 1.82) is 0 Å². The second-order valence-electron chi connectivity index (χ2n) is 8.85. The molecule has 4 heterocycles. The quantitative estimate of drug-likeness (QED) is 0.382. The number of rotatable bonds is 6. The molecule has 3 aromatic heterocycles. The molecule has 1 saturated heterocycles. The first-order chi connectivity index (χ1) is 17.0. The van der Waals surface area contributed by atoms with Gasteiger partial charge in [0.05, 0.1) is 41.5 Å². The standard InChI is InChI=1S/C25H29N7O2S/c1-27-24(34)23-22(26)15-10-11-17(30-25(15)35-23)19-9-5-6-12-32(19)14-21(33)28-13-20-29-16-7-3-4-8-18(16)31(20)2/h3-4,7-8,10-11,19H,5-6,9,12-14,26H2,1-2H3,(H,27,34)(H,28,33). The molecular weight excluding hydrogens is 462 g/mol. The van der Waals surface area contributed by atoms with E-state index >= 15 is 0 Å². The molecule has 0 spiro atoms. The van der Waals surface area contributed by atoms with Gasteiger partial charge in [-0.1, -0.05) is 18.6 Å². The van der Waals surface area contributed by atoms with E-state index in [1.807, 2.05) is 48.0 Å². The molecule has 0 saturated carbocycles. The summed E-state index contributed by atoms with van der Waals surface area (Å²) in [4.78, 5) is 37.9. The minimum Gasteiger partial charge on any atom is -0.397 e. The molecule has 1 aliphatic heterocycles. The fourth-order valence-electron chi connectivity index (χ4n) is 4.77. The van der Waals surface area contributed by atoms with Gasteiger partial charge in [0.2, 0.25) is 5.91 Å². The van der Waals surface area contributed by atoms with Crippen molar-refractivity contribution in [3.05, 3.63) is 52.8 Å². The molecular formula is C25H29N7O2S. The molecule has 5 rings (SSSR count). The lowest BCUT2D eigenvalue weighted by molar-refractivity contribution is -0.123. The summed E-state index contributed by atoms with van der Waals surface area (Å²) in [7, 11) is 3.55. The fourth-order valence-corrected chi connectivity index (χ4v) is 5.81. The number of para-hydroxylation sites is 2. The third kappa shape index (κ3) is 4.46. The summed E-state index contributed by atoms with van der Waals surface area (Å²) < 4.78 is 2.01. The zero-order valence-corrected chi connectivity index (χ0v) is 20.7. The summed E-state index contributed by atoms with van der Waals surface area (Å²) >= 11 is 1.30. The van der Waals surface area contributed by atoms with Crippen molar-refractivity contribution < 1.29 is 9.59 Å². The van der Waals surface area contributed by atoms with Crippen LogP contribution in [-0.2, 0) is 18.4 Å². The second-order valence-corrected chi connectivity index (χ2v) is 9.85. The minimum atomic E-state index is -0.205. The van der Waals surface area contributed by atoms with Gasteiger partial charge in [0.25, 0.3) is 5.91 Å². The van der Waals surface area contributed by atoms with Gasteiger partial charge in [-0.25, -0.2) is 9.97 Å². The van der Waals surface area contributed by atoms with Gasteiger partial charge in [-0.15, -0.1) is 11.3 Å². The number of likely N-dealkylation sites (tertiary alicyclic amines) is 1. The number of hydrogen-bond donors (Lipinski definition) is 3. The summed E-state index contributed by atoms with van der Waals surface area (Å²) in [6.07, 6.45) is 3.06. The number of anilines is 1. The highest BCUT2D eigenvalue weighted by molar-refractivity contribution is 7.21. The molecule has 1 unspecified atom stereocenters. The topological polar surface area (TPSA) is 118 Å². The number of amides is 2. The molecule has 9 nitrogen and oxygen atoms in total. The third-order valence-corrected chi connectivity index (χ3v) is 7.79. The number of benzene rings is 1. The fraction of sp³-hybridized carbons (Fsp3) is 0.360. The van der Waals surface area contributed by atoms with Gasteiger partial charge in [-0.05, 0) is 43.7 Å². The van der Waals surface area contributed by atoms with Gasteiger partial charge in [-0.2, -0.15) is 0 Å². The van der Waals surface area contributed by atoms with Crippen molar-refractivity contribution >= 4 is 50.1 Å². The molecule has 35 heavy (non-hydrogen) atoms. The number of nitrogens with one attached hydrogen (secondary N) is 2. The van der Waals surface area contributed by atoms with E-state index in [4.69, 9.17) is 10.7 Å².